The van der Waals surface area contributed by atoms with Crippen LogP contribution in [0.2, 0.25) is 0 Å². The average molecular weight is 314 g/mol. The van der Waals surface area contributed by atoms with E-state index in [2.05, 4.69) is 15.0 Å². The maximum absolute atomic E-state index is 12.1. The van der Waals surface area contributed by atoms with Crippen LogP contribution < -0.4 is 10.0 Å². The first kappa shape index (κ1) is 18.0. The number of hydrogen-bond donors (Lipinski definition) is 2. The van der Waals surface area contributed by atoms with Crippen LogP contribution in [0.5, 0.6) is 0 Å². The largest absolute Gasteiger partial charge is 0.317 e. The maximum Gasteiger partial charge on any atom is 0.279 e. The van der Waals surface area contributed by atoms with Gasteiger partial charge in [-0.25, -0.2) is 0 Å². The minimum absolute atomic E-state index is 0.226. The number of hydrogen-bond acceptors (Lipinski definition) is 4. The molecule has 0 aliphatic carbocycles. The zero-order valence-corrected chi connectivity index (χ0v) is 13.9. The molecule has 2 N–H and O–H groups in total. The highest BCUT2D eigenvalue weighted by molar-refractivity contribution is 7.87. The fraction of sp³-hybridized carbons (Fsp3) is 0.643. The minimum atomic E-state index is -3.46. The van der Waals surface area contributed by atoms with Crippen LogP contribution in [0.3, 0.4) is 0 Å². The van der Waals surface area contributed by atoms with Crippen LogP contribution in [0.25, 0.3) is 0 Å². The van der Waals surface area contributed by atoms with Crippen molar-refractivity contribution in [2.24, 2.45) is 0 Å². The summed E-state index contributed by atoms with van der Waals surface area (Å²) in [6.45, 7) is 6.49. The van der Waals surface area contributed by atoms with E-state index in [4.69, 9.17) is 0 Å². The molecule has 0 bridgehead atoms. The van der Waals surface area contributed by atoms with Crippen LogP contribution in [0.15, 0.2) is 18.3 Å². The van der Waals surface area contributed by atoms with E-state index in [1.165, 1.54) is 4.31 Å². The van der Waals surface area contributed by atoms with Crippen molar-refractivity contribution in [1.29, 1.82) is 0 Å². The fourth-order valence-corrected chi connectivity index (χ4v) is 2.85. The molecule has 0 radical (unpaired) electrons. The highest BCUT2D eigenvalue weighted by Gasteiger charge is 2.17. The summed E-state index contributed by atoms with van der Waals surface area (Å²) in [4.78, 5) is 4.24. The molecular formula is C14H26N4O2S. The van der Waals surface area contributed by atoms with Crippen molar-refractivity contribution < 1.29 is 8.42 Å². The molecule has 0 spiro atoms. The van der Waals surface area contributed by atoms with Gasteiger partial charge in [0.2, 0.25) is 0 Å². The highest BCUT2D eigenvalue weighted by Crippen LogP contribution is 2.07. The smallest absolute Gasteiger partial charge is 0.279 e. The average Bonchev–Trinajstić information content (AvgIpc) is 2.49. The van der Waals surface area contributed by atoms with E-state index in [1.807, 2.05) is 26.0 Å². The van der Waals surface area contributed by atoms with Gasteiger partial charge in [-0.2, -0.15) is 17.4 Å². The molecule has 0 aromatic carbocycles. The molecular weight excluding hydrogens is 288 g/mol. The van der Waals surface area contributed by atoms with Crippen molar-refractivity contribution in [1.82, 2.24) is 19.3 Å². The molecule has 0 saturated heterocycles. The summed E-state index contributed by atoms with van der Waals surface area (Å²) in [7, 11) is -1.86. The third-order valence-corrected chi connectivity index (χ3v) is 4.79. The lowest BCUT2D eigenvalue weighted by Gasteiger charge is -2.18. The van der Waals surface area contributed by atoms with E-state index < -0.39 is 10.2 Å². The lowest BCUT2D eigenvalue weighted by molar-refractivity contribution is 0.445. The second-order valence-electron chi connectivity index (χ2n) is 4.82. The van der Waals surface area contributed by atoms with Gasteiger partial charge >= 0.3 is 0 Å². The lowest BCUT2D eigenvalue weighted by atomic mass is 10.1. The minimum Gasteiger partial charge on any atom is -0.317 e. The SMILES string of the molecule is CCNCCCN(C)S(=O)(=O)NCc1ncccc1CC. The van der Waals surface area contributed by atoms with Crippen LogP contribution in [0, 0.1) is 0 Å². The Morgan fingerprint density at radius 1 is 1.33 bits per heavy atom. The Morgan fingerprint density at radius 3 is 2.76 bits per heavy atom. The second kappa shape index (κ2) is 9.09. The van der Waals surface area contributed by atoms with Crippen molar-refractivity contribution in [3.63, 3.8) is 0 Å². The molecule has 1 aromatic heterocycles. The Morgan fingerprint density at radius 2 is 2.10 bits per heavy atom. The molecule has 6 nitrogen and oxygen atoms in total. The molecule has 0 aliphatic heterocycles. The predicted molar refractivity (Wildman–Crippen MR) is 85.2 cm³/mol. The van der Waals surface area contributed by atoms with Crippen LogP contribution in [0.4, 0.5) is 0 Å². The van der Waals surface area contributed by atoms with Gasteiger partial charge < -0.3 is 5.32 Å². The van der Waals surface area contributed by atoms with E-state index in [0.29, 0.717) is 6.54 Å². The summed E-state index contributed by atoms with van der Waals surface area (Å²) in [6, 6.07) is 3.83. The standard InChI is InChI=1S/C14H26N4O2S/c1-4-13-8-6-10-16-14(13)12-17-21(19,20)18(3)11-7-9-15-5-2/h6,8,10,15,17H,4-5,7,9,11-12H2,1-3H3. The topological polar surface area (TPSA) is 74.3 Å². The maximum atomic E-state index is 12.1. The summed E-state index contributed by atoms with van der Waals surface area (Å²) < 4.78 is 28.2. The number of pyridine rings is 1. The molecule has 1 heterocycles. The third-order valence-electron chi connectivity index (χ3n) is 3.27. The van der Waals surface area contributed by atoms with Crippen molar-refractivity contribution in [2.45, 2.75) is 33.2 Å². The van der Waals surface area contributed by atoms with Gasteiger partial charge in [0, 0.05) is 19.8 Å². The number of aromatic nitrogens is 1. The monoisotopic (exact) mass is 314 g/mol. The van der Waals surface area contributed by atoms with E-state index in [-0.39, 0.29) is 6.54 Å². The molecule has 0 unspecified atom stereocenters. The Kier molecular flexibility index (Phi) is 7.81. The van der Waals surface area contributed by atoms with Crippen molar-refractivity contribution in [3.05, 3.63) is 29.6 Å². The van der Waals surface area contributed by atoms with Gasteiger partial charge in [0.25, 0.3) is 10.2 Å². The van der Waals surface area contributed by atoms with Gasteiger partial charge in [-0.05, 0) is 37.6 Å². The first-order valence-electron chi connectivity index (χ1n) is 7.35. The quantitative estimate of drug-likeness (QED) is 0.630. The Bertz CT molecular complexity index is 519. The predicted octanol–water partition coefficient (Wildman–Crippen LogP) is 0.910. The van der Waals surface area contributed by atoms with Crippen LogP contribution in [-0.2, 0) is 23.2 Å². The molecule has 120 valence electrons. The van der Waals surface area contributed by atoms with E-state index in [1.54, 1.807) is 13.2 Å². The Hall–Kier alpha value is -1.02. The normalized spacial score (nSPS) is 12.0. The van der Waals surface area contributed by atoms with Gasteiger partial charge in [-0.15, -0.1) is 0 Å². The number of rotatable bonds is 10. The van der Waals surface area contributed by atoms with Gasteiger partial charge in [0.15, 0.2) is 0 Å². The Balaban J connectivity index is 2.52. The molecule has 0 fully saturated rings. The Labute approximate surface area is 128 Å². The first-order valence-corrected chi connectivity index (χ1v) is 8.79. The van der Waals surface area contributed by atoms with E-state index in [0.717, 1.165) is 37.2 Å². The highest BCUT2D eigenvalue weighted by atomic mass is 32.2. The zero-order chi connectivity index (χ0) is 15.7. The van der Waals surface area contributed by atoms with E-state index >= 15 is 0 Å². The van der Waals surface area contributed by atoms with Gasteiger partial charge in [0.1, 0.15) is 0 Å². The van der Waals surface area contributed by atoms with Crippen molar-refractivity contribution >= 4 is 10.2 Å². The zero-order valence-electron chi connectivity index (χ0n) is 13.1. The van der Waals surface area contributed by atoms with Crippen LogP contribution in [0.1, 0.15) is 31.5 Å². The van der Waals surface area contributed by atoms with Gasteiger partial charge in [-0.1, -0.05) is 19.9 Å². The third kappa shape index (κ3) is 6.09. The molecule has 0 aliphatic rings. The summed E-state index contributed by atoms with van der Waals surface area (Å²) in [5.41, 5.74) is 1.85. The van der Waals surface area contributed by atoms with Gasteiger partial charge in [0.05, 0.1) is 12.2 Å². The molecule has 0 amide bonds. The molecule has 7 heteroatoms. The van der Waals surface area contributed by atoms with Crippen molar-refractivity contribution in [3.8, 4) is 0 Å². The number of nitrogens with one attached hydrogen (secondary N) is 2. The first-order chi connectivity index (χ1) is 10.0. The molecule has 1 aromatic rings. The molecule has 1 rings (SSSR count). The molecule has 0 saturated carbocycles. The summed E-state index contributed by atoms with van der Waals surface area (Å²) in [5, 5.41) is 3.18. The summed E-state index contributed by atoms with van der Waals surface area (Å²) in [6.07, 6.45) is 3.31. The lowest BCUT2D eigenvalue weighted by Crippen LogP contribution is -2.39. The fourth-order valence-electron chi connectivity index (χ4n) is 1.95. The summed E-state index contributed by atoms with van der Waals surface area (Å²) in [5.74, 6) is 0. The summed E-state index contributed by atoms with van der Waals surface area (Å²) >= 11 is 0. The van der Waals surface area contributed by atoms with Crippen molar-refractivity contribution in [2.75, 3.05) is 26.7 Å². The van der Waals surface area contributed by atoms with E-state index in [9.17, 15) is 8.42 Å². The molecule has 0 atom stereocenters. The van der Waals surface area contributed by atoms with Gasteiger partial charge in [-0.3, -0.25) is 4.98 Å². The second-order valence-corrected chi connectivity index (χ2v) is 6.68. The van der Waals surface area contributed by atoms with Crippen LogP contribution in [-0.4, -0.2) is 44.4 Å². The molecule has 21 heavy (non-hydrogen) atoms. The van der Waals surface area contributed by atoms with Crippen LogP contribution >= 0.6 is 0 Å². The number of nitrogens with zero attached hydrogens (tertiary/aromatic N) is 2. The number of aryl methyl sites for hydroxylation is 1.